The Balaban J connectivity index is 1.77. The van der Waals surface area contributed by atoms with E-state index >= 15 is 0 Å². The molecule has 2 N–H and O–H groups in total. The van der Waals surface area contributed by atoms with Gasteiger partial charge in [-0.1, -0.05) is 12.0 Å². The summed E-state index contributed by atoms with van der Waals surface area (Å²) in [6.07, 6.45) is -5.90. The zero-order valence-corrected chi connectivity index (χ0v) is 18.0. The van der Waals surface area contributed by atoms with E-state index in [1.54, 1.807) is 19.1 Å². The summed E-state index contributed by atoms with van der Waals surface area (Å²) in [5.74, 6) is 5.73. The molecule has 5 nitrogen and oxygen atoms in total. The first-order valence-electron chi connectivity index (χ1n) is 9.51. The van der Waals surface area contributed by atoms with E-state index in [4.69, 9.17) is 0 Å². The molecule has 4 rings (SSSR count). The normalized spacial score (nSPS) is 12.2. The number of hydrogen-bond acceptors (Lipinski definition) is 4. The Kier molecular flexibility index (Phi) is 6.05. The maximum Gasteiger partial charge on any atom is 0.435 e. The number of alkyl halides is 6. The Bertz CT molecular complexity index is 1340. The number of hydrogen-bond donors (Lipinski definition) is 2. The highest BCUT2D eigenvalue weighted by Gasteiger charge is 2.35. The first kappa shape index (κ1) is 23.3. The summed E-state index contributed by atoms with van der Waals surface area (Å²) in [5.41, 5.74) is -1.76. The summed E-state index contributed by atoms with van der Waals surface area (Å²) >= 11 is 1.43. The molecular formula is C22H13F6N5S. The van der Waals surface area contributed by atoms with Crippen molar-refractivity contribution in [1.29, 1.82) is 0 Å². The highest BCUT2D eigenvalue weighted by atomic mass is 32.1. The van der Waals surface area contributed by atoms with Crippen molar-refractivity contribution >= 4 is 23.5 Å². The van der Waals surface area contributed by atoms with Crippen LogP contribution in [0.15, 0.2) is 36.4 Å². The molecule has 4 aromatic heterocycles. The van der Waals surface area contributed by atoms with Gasteiger partial charge in [0.05, 0.1) is 27.7 Å². The molecule has 0 aliphatic carbocycles. The molecule has 34 heavy (non-hydrogen) atoms. The number of aromatic nitrogens is 5. The van der Waals surface area contributed by atoms with Crippen molar-refractivity contribution in [2.24, 2.45) is 0 Å². The van der Waals surface area contributed by atoms with Crippen LogP contribution < -0.4 is 0 Å². The first-order chi connectivity index (χ1) is 16.0. The maximum absolute atomic E-state index is 13.0. The van der Waals surface area contributed by atoms with Crippen LogP contribution in [0.5, 0.6) is 0 Å². The topological polar surface area (TPSA) is 70.2 Å². The number of aromatic amines is 2. The average Bonchev–Trinajstić information content (AvgIpc) is 3.52. The Morgan fingerprint density at radius 1 is 0.824 bits per heavy atom. The largest absolute Gasteiger partial charge is 0.435 e. The van der Waals surface area contributed by atoms with E-state index in [1.165, 1.54) is 23.5 Å². The molecule has 0 saturated heterocycles. The zero-order valence-electron chi connectivity index (χ0n) is 17.1. The average molecular weight is 493 g/mol. The summed E-state index contributed by atoms with van der Waals surface area (Å²) < 4.78 is 77.9. The first-order valence-corrected chi connectivity index (χ1v) is 10.3. The summed E-state index contributed by atoms with van der Waals surface area (Å²) in [7, 11) is 0. The molecule has 174 valence electrons. The van der Waals surface area contributed by atoms with Crippen molar-refractivity contribution in [3.05, 3.63) is 63.1 Å². The van der Waals surface area contributed by atoms with Crippen molar-refractivity contribution in [3.63, 3.8) is 0 Å². The molecule has 0 atom stereocenters. The number of rotatable bonds is 4. The second-order valence-corrected chi connectivity index (χ2v) is 8.03. The second-order valence-electron chi connectivity index (χ2n) is 6.91. The molecule has 12 heteroatoms. The van der Waals surface area contributed by atoms with E-state index < -0.39 is 23.7 Å². The summed E-state index contributed by atoms with van der Waals surface area (Å²) in [4.78, 5) is 5.94. The predicted octanol–water partition coefficient (Wildman–Crippen LogP) is 6.50. The van der Waals surface area contributed by atoms with E-state index in [-0.39, 0.29) is 22.8 Å². The highest BCUT2D eigenvalue weighted by molar-refractivity contribution is 7.13. The van der Waals surface area contributed by atoms with Crippen LogP contribution in [0, 0.1) is 11.8 Å². The number of halogens is 6. The minimum Gasteiger partial charge on any atom is -0.276 e. The van der Waals surface area contributed by atoms with Gasteiger partial charge in [0.15, 0.2) is 11.4 Å². The molecule has 0 aliphatic heterocycles. The van der Waals surface area contributed by atoms with Crippen molar-refractivity contribution in [2.45, 2.75) is 19.3 Å². The van der Waals surface area contributed by atoms with Gasteiger partial charge >= 0.3 is 12.4 Å². The van der Waals surface area contributed by atoms with E-state index in [0.29, 0.717) is 5.56 Å². The fraction of sp³-hybridized carbons (Fsp3) is 0.136. The smallest absolute Gasteiger partial charge is 0.276 e. The van der Waals surface area contributed by atoms with Crippen LogP contribution in [0.25, 0.3) is 34.9 Å². The van der Waals surface area contributed by atoms with Crippen LogP contribution >= 0.6 is 11.3 Å². The van der Waals surface area contributed by atoms with Gasteiger partial charge in [-0.3, -0.25) is 10.2 Å². The Hall–Kier alpha value is -3.85. The Morgan fingerprint density at radius 3 is 1.85 bits per heavy atom. The van der Waals surface area contributed by atoms with E-state index in [1.807, 2.05) is 12.1 Å². The maximum atomic E-state index is 13.0. The number of nitrogens with one attached hydrogen (secondary N) is 2. The molecule has 0 saturated carbocycles. The number of pyridine rings is 1. The van der Waals surface area contributed by atoms with Crippen molar-refractivity contribution < 1.29 is 26.3 Å². The fourth-order valence-corrected chi connectivity index (χ4v) is 3.75. The van der Waals surface area contributed by atoms with Gasteiger partial charge in [-0.15, -0.1) is 17.3 Å². The van der Waals surface area contributed by atoms with Crippen LogP contribution in [0.3, 0.4) is 0 Å². The standard InChI is InChI=1S/C22H13F6N5S/c1-2-3-13-6-7-14(34-13)5-4-12-8-15(17-10-19(32-30-17)21(23,24)25)29-16(9-12)18-11-20(33-31-18)22(26,27)28/h4-11H,1H3,(H,30,32)(H,31,33)/b5-4+. The van der Waals surface area contributed by atoms with Gasteiger partial charge in [-0.2, -0.15) is 36.5 Å². The third-order valence-corrected chi connectivity index (χ3v) is 5.42. The summed E-state index contributed by atoms with van der Waals surface area (Å²) in [6, 6.07) is 8.24. The van der Waals surface area contributed by atoms with Gasteiger partial charge in [-0.25, -0.2) is 4.98 Å². The molecule has 0 fully saturated rings. The van der Waals surface area contributed by atoms with Crippen LogP contribution in [-0.2, 0) is 12.4 Å². The lowest BCUT2D eigenvalue weighted by Gasteiger charge is -2.05. The second kappa shape index (κ2) is 8.83. The number of nitrogens with zero attached hydrogens (tertiary/aromatic N) is 3. The highest BCUT2D eigenvalue weighted by Crippen LogP contribution is 2.33. The lowest BCUT2D eigenvalue weighted by Crippen LogP contribution is -2.04. The van der Waals surface area contributed by atoms with Gasteiger partial charge < -0.3 is 0 Å². The third kappa shape index (κ3) is 5.20. The molecular weight excluding hydrogens is 480 g/mol. The van der Waals surface area contributed by atoms with Crippen LogP contribution in [0.2, 0.25) is 0 Å². The summed E-state index contributed by atoms with van der Waals surface area (Å²) in [5, 5.41) is 11.1. The van der Waals surface area contributed by atoms with Gasteiger partial charge in [0.2, 0.25) is 0 Å². The van der Waals surface area contributed by atoms with E-state index in [2.05, 4.69) is 37.2 Å². The number of thiophene rings is 1. The van der Waals surface area contributed by atoms with Crippen molar-refractivity contribution in [2.75, 3.05) is 0 Å². The third-order valence-electron chi connectivity index (χ3n) is 4.45. The molecule has 4 aromatic rings. The molecule has 0 bridgehead atoms. The van der Waals surface area contributed by atoms with Gasteiger partial charge in [0.25, 0.3) is 0 Å². The molecule has 0 spiro atoms. The number of H-pyrrole nitrogens is 2. The molecule has 0 aromatic carbocycles. The fourth-order valence-electron chi connectivity index (χ4n) is 2.93. The minimum absolute atomic E-state index is 0.0454. The minimum atomic E-state index is -4.67. The van der Waals surface area contributed by atoms with Crippen LogP contribution in [0.1, 0.15) is 33.6 Å². The zero-order chi connectivity index (χ0) is 24.5. The van der Waals surface area contributed by atoms with Crippen LogP contribution in [0.4, 0.5) is 26.3 Å². The molecule has 0 radical (unpaired) electrons. The quantitative estimate of drug-likeness (QED) is 0.252. The lowest BCUT2D eigenvalue weighted by molar-refractivity contribution is -0.142. The van der Waals surface area contributed by atoms with Gasteiger partial charge in [0, 0.05) is 4.88 Å². The molecule has 4 heterocycles. The van der Waals surface area contributed by atoms with Gasteiger partial charge in [-0.05, 0) is 55.0 Å². The van der Waals surface area contributed by atoms with Crippen molar-refractivity contribution in [3.8, 4) is 34.6 Å². The van der Waals surface area contributed by atoms with Crippen LogP contribution in [-0.4, -0.2) is 25.4 Å². The SMILES string of the molecule is CC#Cc1ccc(/C=C/c2cc(-c3cc(C(F)(F)F)n[nH]3)nc(-c3cc(C(F)(F)F)n[nH]3)c2)s1. The predicted molar refractivity (Wildman–Crippen MR) is 115 cm³/mol. The monoisotopic (exact) mass is 493 g/mol. The summed E-state index contributed by atoms with van der Waals surface area (Å²) in [6.45, 7) is 1.72. The van der Waals surface area contributed by atoms with E-state index in [0.717, 1.165) is 21.9 Å². The van der Waals surface area contributed by atoms with Crippen molar-refractivity contribution in [1.82, 2.24) is 25.4 Å². The van der Waals surface area contributed by atoms with E-state index in [9.17, 15) is 26.3 Å². The molecule has 0 aliphatic rings. The van der Waals surface area contributed by atoms with Gasteiger partial charge in [0.1, 0.15) is 0 Å². The Morgan fingerprint density at radius 2 is 1.38 bits per heavy atom. The lowest BCUT2D eigenvalue weighted by atomic mass is 10.1. The molecule has 0 unspecified atom stereocenters. The molecule has 0 amide bonds. The Labute approximate surface area is 192 Å².